The van der Waals surface area contributed by atoms with Gasteiger partial charge in [0.05, 0.1) is 0 Å². The molecule has 0 saturated heterocycles. The number of rotatable bonds is 4. The number of hydrogen-bond donors (Lipinski definition) is 1. The molecule has 0 aliphatic carbocycles. The Balaban J connectivity index is 2.83. The number of thioether (sulfide) groups is 1. The third-order valence-corrected chi connectivity index (χ3v) is 4.02. The van der Waals surface area contributed by atoms with Crippen LogP contribution in [0.1, 0.15) is 33.2 Å². The van der Waals surface area contributed by atoms with E-state index in [2.05, 4.69) is 17.0 Å². The van der Waals surface area contributed by atoms with Crippen molar-refractivity contribution < 1.29 is 0 Å². The van der Waals surface area contributed by atoms with Crippen molar-refractivity contribution in [3.8, 4) is 0 Å². The second-order valence-corrected chi connectivity index (χ2v) is 5.79. The molecule has 2 heterocycles. The third-order valence-electron chi connectivity index (χ3n) is 2.86. The summed E-state index contributed by atoms with van der Waals surface area (Å²) in [6.45, 7) is 6.01. The maximum atomic E-state index is 12.0. The number of nitrogens with zero attached hydrogens (tertiary/aromatic N) is 3. The lowest BCUT2D eigenvalue weighted by Gasteiger charge is -2.06. The number of fused-ring (bicyclic) bond motifs is 1. The quantitative estimate of drug-likeness (QED) is 0.863. The summed E-state index contributed by atoms with van der Waals surface area (Å²) in [6, 6.07) is 0.0667. The number of aromatic nitrogens is 4. The first-order chi connectivity index (χ1) is 8.97. The number of nitrogens with one attached hydrogen (secondary N) is 1. The zero-order valence-corrected chi connectivity index (χ0v) is 12.4. The highest BCUT2D eigenvalue weighted by molar-refractivity contribution is 7.99. The van der Waals surface area contributed by atoms with Gasteiger partial charge in [-0.15, -0.1) is 11.8 Å². The van der Waals surface area contributed by atoms with E-state index < -0.39 is 5.69 Å². The van der Waals surface area contributed by atoms with Crippen LogP contribution in [0.15, 0.2) is 14.6 Å². The van der Waals surface area contributed by atoms with E-state index in [0.29, 0.717) is 11.0 Å². The maximum absolute atomic E-state index is 12.0. The Kier molecular flexibility index (Phi) is 3.84. The summed E-state index contributed by atoms with van der Waals surface area (Å²) in [5.41, 5.74) is 0.318. The fraction of sp³-hybridized carbons (Fsp3) is 0.583. The lowest BCUT2D eigenvalue weighted by molar-refractivity contribution is 0.537. The van der Waals surface area contributed by atoms with E-state index in [9.17, 15) is 9.59 Å². The van der Waals surface area contributed by atoms with Crippen LogP contribution < -0.4 is 11.2 Å². The van der Waals surface area contributed by atoms with Gasteiger partial charge >= 0.3 is 5.69 Å². The molecule has 0 amide bonds. The molecule has 0 atom stereocenters. The monoisotopic (exact) mass is 282 g/mol. The summed E-state index contributed by atoms with van der Waals surface area (Å²) in [4.78, 5) is 26.1. The Morgan fingerprint density at radius 1 is 1.32 bits per heavy atom. The summed E-state index contributed by atoms with van der Waals surface area (Å²) < 4.78 is 3.15. The van der Waals surface area contributed by atoms with Gasteiger partial charge in [-0.05, 0) is 26.0 Å². The van der Waals surface area contributed by atoms with E-state index in [0.717, 1.165) is 17.2 Å². The Morgan fingerprint density at radius 2 is 2.00 bits per heavy atom. The molecule has 0 bridgehead atoms. The first-order valence-corrected chi connectivity index (χ1v) is 7.30. The Bertz CT molecular complexity index is 711. The van der Waals surface area contributed by atoms with Crippen LogP contribution in [0.3, 0.4) is 0 Å². The second kappa shape index (κ2) is 5.24. The van der Waals surface area contributed by atoms with Crippen LogP contribution >= 0.6 is 11.8 Å². The van der Waals surface area contributed by atoms with Crippen LogP contribution in [0.4, 0.5) is 0 Å². The van der Waals surface area contributed by atoms with Crippen LogP contribution in [0.25, 0.3) is 11.0 Å². The van der Waals surface area contributed by atoms with Crippen LogP contribution in [0.5, 0.6) is 0 Å². The average Bonchev–Trinajstić information content (AvgIpc) is 2.73. The van der Waals surface area contributed by atoms with Crippen molar-refractivity contribution in [2.75, 3.05) is 5.75 Å². The fourth-order valence-electron chi connectivity index (χ4n) is 1.93. The van der Waals surface area contributed by atoms with Gasteiger partial charge in [0.25, 0.3) is 5.56 Å². The number of hydrogen-bond acceptors (Lipinski definition) is 4. The molecule has 2 aromatic heterocycles. The molecule has 104 valence electrons. The van der Waals surface area contributed by atoms with Crippen LogP contribution in [0.2, 0.25) is 0 Å². The molecule has 0 aliphatic heterocycles. The average molecular weight is 282 g/mol. The predicted octanol–water partition coefficient (Wildman–Crippen LogP) is 1.51. The molecule has 2 rings (SSSR count). The van der Waals surface area contributed by atoms with Gasteiger partial charge in [0, 0.05) is 13.1 Å². The van der Waals surface area contributed by atoms with Crippen LogP contribution in [-0.4, -0.2) is 25.1 Å². The van der Waals surface area contributed by atoms with E-state index in [4.69, 9.17) is 0 Å². The summed E-state index contributed by atoms with van der Waals surface area (Å²) in [7, 11) is 1.66. The lowest BCUT2D eigenvalue weighted by atomic mass is 10.4. The number of aryl methyl sites for hydroxylation is 1. The van der Waals surface area contributed by atoms with Crippen molar-refractivity contribution in [2.24, 2.45) is 7.05 Å². The molecule has 7 heteroatoms. The van der Waals surface area contributed by atoms with E-state index in [1.54, 1.807) is 23.5 Å². The van der Waals surface area contributed by atoms with Crippen LogP contribution in [-0.2, 0) is 7.05 Å². The lowest BCUT2D eigenvalue weighted by Crippen LogP contribution is -2.29. The minimum absolute atomic E-state index is 0.0667. The van der Waals surface area contributed by atoms with Gasteiger partial charge in [-0.2, -0.15) is 5.10 Å². The second-order valence-electron chi connectivity index (χ2n) is 4.71. The van der Waals surface area contributed by atoms with Gasteiger partial charge in [0.2, 0.25) is 0 Å². The van der Waals surface area contributed by atoms with Gasteiger partial charge in [-0.25, -0.2) is 4.79 Å². The molecular weight excluding hydrogens is 264 g/mol. The number of H-pyrrole nitrogens is 1. The predicted molar refractivity (Wildman–Crippen MR) is 77.0 cm³/mol. The largest absolute Gasteiger partial charge is 0.328 e. The van der Waals surface area contributed by atoms with Crippen molar-refractivity contribution in [1.29, 1.82) is 0 Å². The van der Waals surface area contributed by atoms with E-state index in [1.165, 1.54) is 4.57 Å². The van der Waals surface area contributed by atoms with E-state index in [-0.39, 0.29) is 11.6 Å². The van der Waals surface area contributed by atoms with Gasteiger partial charge in [0.1, 0.15) is 10.5 Å². The Labute approximate surface area is 114 Å². The molecule has 0 aliphatic rings. The van der Waals surface area contributed by atoms with E-state index >= 15 is 0 Å². The standard InChI is InChI=1S/C12H18N4O2S/c1-5-6-19-11-9-8(16(14-11)7(2)3)10(17)13-12(18)15(9)4/h7H,5-6H2,1-4H3,(H,13,17,18). The first kappa shape index (κ1) is 13.9. The Hall–Kier alpha value is -1.50. The summed E-state index contributed by atoms with van der Waals surface area (Å²) in [6.07, 6.45) is 1.01. The maximum Gasteiger partial charge on any atom is 0.328 e. The molecule has 2 aromatic rings. The highest BCUT2D eigenvalue weighted by Gasteiger charge is 2.19. The molecule has 0 radical (unpaired) electrons. The molecular formula is C12H18N4O2S. The minimum Gasteiger partial charge on any atom is -0.292 e. The summed E-state index contributed by atoms with van der Waals surface area (Å²) in [5.74, 6) is 0.908. The molecule has 1 N–H and O–H groups in total. The normalized spacial score (nSPS) is 11.6. The molecule has 0 spiro atoms. The molecule has 0 unspecified atom stereocenters. The number of aromatic amines is 1. The van der Waals surface area contributed by atoms with Crippen molar-refractivity contribution in [3.63, 3.8) is 0 Å². The topological polar surface area (TPSA) is 72.7 Å². The highest BCUT2D eigenvalue weighted by atomic mass is 32.2. The molecule has 0 aromatic carbocycles. The van der Waals surface area contributed by atoms with Crippen LogP contribution in [0, 0.1) is 0 Å². The molecule has 6 nitrogen and oxygen atoms in total. The Morgan fingerprint density at radius 3 is 2.58 bits per heavy atom. The van der Waals surface area contributed by atoms with E-state index in [1.807, 2.05) is 13.8 Å². The van der Waals surface area contributed by atoms with Gasteiger partial charge < -0.3 is 0 Å². The summed E-state index contributed by atoms with van der Waals surface area (Å²) in [5, 5.41) is 5.24. The summed E-state index contributed by atoms with van der Waals surface area (Å²) >= 11 is 1.58. The molecule has 19 heavy (non-hydrogen) atoms. The smallest absolute Gasteiger partial charge is 0.292 e. The molecule has 0 fully saturated rings. The van der Waals surface area contributed by atoms with Crippen molar-refractivity contribution >= 4 is 22.8 Å². The van der Waals surface area contributed by atoms with Crippen molar-refractivity contribution in [3.05, 3.63) is 20.8 Å². The third kappa shape index (κ3) is 2.34. The minimum atomic E-state index is -0.404. The van der Waals surface area contributed by atoms with Gasteiger partial charge in [0.15, 0.2) is 5.52 Å². The zero-order valence-electron chi connectivity index (χ0n) is 11.6. The van der Waals surface area contributed by atoms with Gasteiger partial charge in [-0.3, -0.25) is 19.0 Å². The van der Waals surface area contributed by atoms with Crippen molar-refractivity contribution in [2.45, 2.75) is 38.3 Å². The SMILES string of the molecule is CCCSc1nn(C(C)C)c2c(=O)[nH]c(=O)n(C)c12. The highest BCUT2D eigenvalue weighted by Crippen LogP contribution is 2.26. The first-order valence-electron chi connectivity index (χ1n) is 6.31. The fourth-order valence-corrected chi connectivity index (χ4v) is 2.84. The molecule has 0 saturated carbocycles. The van der Waals surface area contributed by atoms with Crippen molar-refractivity contribution in [1.82, 2.24) is 19.3 Å². The van der Waals surface area contributed by atoms with Gasteiger partial charge in [-0.1, -0.05) is 6.92 Å². The zero-order chi connectivity index (χ0) is 14.2.